The molecular weight excluding hydrogens is 244 g/mol. The van der Waals surface area contributed by atoms with Gasteiger partial charge in [-0.3, -0.25) is 4.79 Å². The highest BCUT2D eigenvalue weighted by Gasteiger charge is 2.25. The van der Waals surface area contributed by atoms with Crippen molar-refractivity contribution in [1.82, 2.24) is 0 Å². The van der Waals surface area contributed by atoms with Gasteiger partial charge in [0.25, 0.3) is 0 Å². The van der Waals surface area contributed by atoms with Crippen LogP contribution in [0.5, 0.6) is 0 Å². The van der Waals surface area contributed by atoms with Crippen LogP contribution >= 0.6 is 0 Å². The number of guanidine groups is 2. The summed E-state index contributed by atoms with van der Waals surface area (Å²) >= 11 is 0. The standard InChI is InChI=1S/C12H16N6O/c1-2-18-9-4-3-8(5-7(9)6-10(18)19)16-12(15)17-11(13)14/h3-5H,2,6H2,1H3,(H6,13,14,15,16,17). The Morgan fingerprint density at radius 1 is 1.37 bits per heavy atom. The highest BCUT2D eigenvalue weighted by atomic mass is 16.2. The Morgan fingerprint density at radius 2 is 2.11 bits per heavy atom. The van der Waals surface area contributed by atoms with Crippen molar-refractivity contribution in [2.45, 2.75) is 13.3 Å². The van der Waals surface area contributed by atoms with Gasteiger partial charge in [0, 0.05) is 12.2 Å². The molecule has 0 aliphatic carbocycles. The first kappa shape index (κ1) is 12.9. The second-order valence-electron chi connectivity index (χ2n) is 4.13. The summed E-state index contributed by atoms with van der Waals surface area (Å²) in [5.74, 6) is -0.0674. The number of fused-ring (bicyclic) bond motifs is 1. The van der Waals surface area contributed by atoms with Gasteiger partial charge < -0.3 is 22.1 Å². The van der Waals surface area contributed by atoms with Crippen molar-refractivity contribution in [3.63, 3.8) is 0 Å². The molecule has 0 bridgehead atoms. The van der Waals surface area contributed by atoms with Crippen molar-refractivity contribution in [3.8, 4) is 0 Å². The van der Waals surface area contributed by atoms with E-state index in [2.05, 4.69) is 9.98 Å². The minimum atomic E-state index is -0.144. The van der Waals surface area contributed by atoms with Gasteiger partial charge in [0.1, 0.15) is 0 Å². The molecule has 7 heteroatoms. The maximum atomic E-state index is 11.8. The van der Waals surface area contributed by atoms with Gasteiger partial charge in [0.15, 0.2) is 5.96 Å². The molecule has 0 fully saturated rings. The maximum absolute atomic E-state index is 11.8. The molecule has 0 saturated heterocycles. The molecule has 1 heterocycles. The van der Waals surface area contributed by atoms with E-state index >= 15 is 0 Å². The smallest absolute Gasteiger partial charge is 0.231 e. The summed E-state index contributed by atoms with van der Waals surface area (Å²) in [5.41, 5.74) is 18.4. The zero-order valence-corrected chi connectivity index (χ0v) is 10.6. The van der Waals surface area contributed by atoms with E-state index in [0.29, 0.717) is 18.7 Å². The van der Waals surface area contributed by atoms with E-state index in [1.165, 1.54) is 0 Å². The molecule has 1 aromatic rings. The molecule has 1 aliphatic heterocycles. The predicted molar refractivity (Wildman–Crippen MR) is 75.3 cm³/mol. The molecule has 1 aromatic carbocycles. The molecule has 7 nitrogen and oxygen atoms in total. The number of rotatable bonds is 2. The van der Waals surface area contributed by atoms with Gasteiger partial charge in [0.05, 0.1) is 12.1 Å². The molecule has 100 valence electrons. The number of carbonyl (C=O) groups excluding carboxylic acids is 1. The normalized spacial score (nSPS) is 14.5. The maximum Gasteiger partial charge on any atom is 0.231 e. The monoisotopic (exact) mass is 260 g/mol. The number of hydrogen-bond acceptors (Lipinski definition) is 2. The fraction of sp³-hybridized carbons (Fsp3) is 0.250. The molecule has 2 rings (SSSR count). The summed E-state index contributed by atoms with van der Waals surface area (Å²) in [6, 6.07) is 5.44. The van der Waals surface area contributed by atoms with Gasteiger partial charge in [0.2, 0.25) is 11.9 Å². The Morgan fingerprint density at radius 3 is 2.74 bits per heavy atom. The second-order valence-corrected chi connectivity index (χ2v) is 4.13. The number of likely N-dealkylation sites (N-methyl/N-ethyl adjacent to an activating group) is 1. The average Bonchev–Trinajstić information content (AvgIpc) is 2.62. The number of benzene rings is 1. The van der Waals surface area contributed by atoms with Crippen molar-refractivity contribution < 1.29 is 4.79 Å². The summed E-state index contributed by atoms with van der Waals surface area (Å²) in [7, 11) is 0. The fourth-order valence-electron chi connectivity index (χ4n) is 2.08. The Hall–Kier alpha value is -2.57. The van der Waals surface area contributed by atoms with E-state index in [9.17, 15) is 4.79 Å². The Bertz CT molecular complexity index is 574. The molecule has 6 N–H and O–H groups in total. The van der Waals surface area contributed by atoms with Gasteiger partial charge in [-0.2, -0.15) is 4.99 Å². The minimum Gasteiger partial charge on any atom is -0.370 e. The lowest BCUT2D eigenvalue weighted by atomic mass is 10.1. The minimum absolute atomic E-state index is 0.0170. The third-order valence-electron chi connectivity index (χ3n) is 2.80. The highest BCUT2D eigenvalue weighted by Crippen LogP contribution is 2.31. The van der Waals surface area contributed by atoms with Crippen LogP contribution in [0, 0.1) is 0 Å². The zero-order chi connectivity index (χ0) is 14.0. The molecule has 0 saturated carbocycles. The molecule has 19 heavy (non-hydrogen) atoms. The second kappa shape index (κ2) is 4.97. The van der Waals surface area contributed by atoms with Crippen molar-refractivity contribution in [2.24, 2.45) is 27.2 Å². The van der Waals surface area contributed by atoms with Crippen LogP contribution in [0.15, 0.2) is 28.2 Å². The molecular formula is C12H16N6O. The van der Waals surface area contributed by atoms with Gasteiger partial charge in [-0.15, -0.1) is 0 Å². The summed E-state index contributed by atoms with van der Waals surface area (Å²) < 4.78 is 0. The van der Waals surface area contributed by atoms with Crippen LogP contribution in [0.4, 0.5) is 11.4 Å². The van der Waals surface area contributed by atoms with Crippen LogP contribution < -0.4 is 22.1 Å². The van der Waals surface area contributed by atoms with Crippen LogP contribution in [0.3, 0.4) is 0 Å². The van der Waals surface area contributed by atoms with E-state index < -0.39 is 0 Å². The number of anilines is 1. The number of carbonyl (C=O) groups is 1. The van der Waals surface area contributed by atoms with Crippen LogP contribution in [0.2, 0.25) is 0 Å². The van der Waals surface area contributed by atoms with E-state index in [1.807, 2.05) is 19.1 Å². The molecule has 1 amide bonds. The van der Waals surface area contributed by atoms with Crippen molar-refractivity contribution in [1.29, 1.82) is 0 Å². The van der Waals surface area contributed by atoms with Crippen molar-refractivity contribution in [2.75, 3.05) is 11.4 Å². The van der Waals surface area contributed by atoms with E-state index in [-0.39, 0.29) is 17.8 Å². The predicted octanol–water partition coefficient (Wildman–Crippen LogP) is -0.185. The molecule has 0 atom stereocenters. The quantitative estimate of drug-likeness (QED) is 0.504. The third-order valence-corrected chi connectivity index (χ3v) is 2.80. The molecule has 0 unspecified atom stereocenters. The van der Waals surface area contributed by atoms with Crippen LogP contribution in [-0.2, 0) is 11.2 Å². The first-order chi connectivity index (χ1) is 9.01. The van der Waals surface area contributed by atoms with Gasteiger partial charge in [-0.25, -0.2) is 4.99 Å². The fourth-order valence-corrected chi connectivity index (χ4v) is 2.08. The molecule has 0 aromatic heterocycles. The summed E-state index contributed by atoms with van der Waals surface area (Å²) in [6.45, 7) is 2.60. The van der Waals surface area contributed by atoms with Crippen molar-refractivity contribution >= 4 is 29.2 Å². The Kier molecular flexibility index (Phi) is 3.37. The van der Waals surface area contributed by atoms with E-state index in [0.717, 1.165) is 11.3 Å². The Balaban J connectivity index is 2.32. The van der Waals surface area contributed by atoms with Crippen LogP contribution in [-0.4, -0.2) is 24.4 Å². The number of aliphatic imine (C=N–C) groups is 2. The largest absolute Gasteiger partial charge is 0.370 e. The number of nitrogens with two attached hydrogens (primary N) is 3. The first-order valence-corrected chi connectivity index (χ1v) is 5.88. The van der Waals surface area contributed by atoms with E-state index in [1.54, 1.807) is 11.0 Å². The number of hydrogen-bond donors (Lipinski definition) is 3. The molecule has 0 spiro atoms. The summed E-state index contributed by atoms with van der Waals surface area (Å²) in [5, 5.41) is 0. The number of nitrogens with zero attached hydrogens (tertiary/aromatic N) is 3. The van der Waals surface area contributed by atoms with Gasteiger partial charge in [-0.05, 0) is 30.7 Å². The Labute approximate surface area is 110 Å². The molecule has 1 aliphatic rings. The highest BCUT2D eigenvalue weighted by molar-refractivity contribution is 6.02. The molecule has 0 radical (unpaired) electrons. The SMILES string of the molecule is CCN1C(=O)Cc2cc(N=C(N)N=C(N)N)ccc21. The van der Waals surface area contributed by atoms with Gasteiger partial charge in [-0.1, -0.05) is 0 Å². The first-order valence-electron chi connectivity index (χ1n) is 5.88. The lowest BCUT2D eigenvalue weighted by molar-refractivity contribution is -0.117. The average molecular weight is 260 g/mol. The zero-order valence-electron chi connectivity index (χ0n) is 10.6. The summed E-state index contributed by atoms with van der Waals surface area (Å²) in [4.78, 5) is 21.2. The summed E-state index contributed by atoms with van der Waals surface area (Å²) in [6.07, 6.45) is 0.384. The third kappa shape index (κ3) is 2.65. The topological polar surface area (TPSA) is 123 Å². The van der Waals surface area contributed by atoms with Gasteiger partial charge >= 0.3 is 0 Å². The lowest BCUT2D eigenvalue weighted by Crippen LogP contribution is -2.26. The van der Waals surface area contributed by atoms with Crippen LogP contribution in [0.25, 0.3) is 0 Å². The number of amides is 1. The van der Waals surface area contributed by atoms with E-state index in [4.69, 9.17) is 17.2 Å². The van der Waals surface area contributed by atoms with Crippen molar-refractivity contribution in [3.05, 3.63) is 23.8 Å². The lowest BCUT2D eigenvalue weighted by Gasteiger charge is -2.14. The van der Waals surface area contributed by atoms with Crippen LogP contribution in [0.1, 0.15) is 12.5 Å².